The summed E-state index contributed by atoms with van der Waals surface area (Å²) in [6, 6.07) is 12.1. The van der Waals surface area contributed by atoms with Gasteiger partial charge in [-0.25, -0.2) is 4.98 Å². The van der Waals surface area contributed by atoms with Crippen molar-refractivity contribution in [3.63, 3.8) is 0 Å². The summed E-state index contributed by atoms with van der Waals surface area (Å²) in [5.41, 5.74) is 3.30. The molecule has 0 unspecified atom stereocenters. The maximum Gasteiger partial charge on any atom is 0.129 e. The van der Waals surface area contributed by atoms with Crippen molar-refractivity contribution in [1.29, 1.82) is 0 Å². The highest BCUT2D eigenvalue weighted by Gasteiger charge is 2.09. The van der Waals surface area contributed by atoms with Gasteiger partial charge in [0.05, 0.1) is 7.11 Å². The lowest BCUT2D eigenvalue weighted by atomic mass is 10.1. The van der Waals surface area contributed by atoms with Crippen LogP contribution in [0.2, 0.25) is 0 Å². The van der Waals surface area contributed by atoms with Crippen LogP contribution in [-0.2, 0) is 18.8 Å². The van der Waals surface area contributed by atoms with Crippen molar-refractivity contribution in [2.24, 2.45) is 0 Å². The van der Waals surface area contributed by atoms with Gasteiger partial charge in [-0.15, -0.1) is 11.6 Å². The van der Waals surface area contributed by atoms with E-state index in [1.54, 1.807) is 7.11 Å². The Balaban J connectivity index is 2.25. The van der Waals surface area contributed by atoms with Crippen LogP contribution in [0.4, 0.5) is 5.82 Å². The predicted octanol–water partition coefficient (Wildman–Crippen LogP) is 4.03. The molecule has 0 saturated heterocycles. The van der Waals surface area contributed by atoms with E-state index in [2.05, 4.69) is 28.9 Å². The summed E-state index contributed by atoms with van der Waals surface area (Å²) in [5.74, 6) is 2.34. The van der Waals surface area contributed by atoms with E-state index in [0.717, 1.165) is 41.4 Å². The number of rotatable bonds is 6. The normalized spacial score (nSPS) is 10.5. The smallest absolute Gasteiger partial charge is 0.129 e. The van der Waals surface area contributed by atoms with E-state index in [9.17, 15) is 0 Å². The fourth-order valence-electron chi connectivity index (χ4n) is 2.26. The third kappa shape index (κ3) is 3.88. The average Bonchev–Trinajstić information content (AvgIpc) is 2.54. The van der Waals surface area contributed by atoms with Crippen molar-refractivity contribution in [2.75, 3.05) is 19.1 Å². The maximum atomic E-state index is 5.97. The molecule has 112 valence electrons. The zero-order valence-corrected chi connectivity index (χ0v) is 13.5. The number of para-hydroxylation sites is 1. The molecule has 0 aliphatic rings. The highest BCUT2D eigenvalue weighted by Crippen LogP contribution is 2.22. The molecular weight excluding hydrogens is 284 g/mol. The van der Waals surface area contributed by atoms with Crippen molar-refractivity contribution in [3.8, 4) is 5.75 Å². The van der Waals surface area contributed by atoms with Crippen molar-refractivity contribution in [1.82, 2.24) is 4.98 Å². The molecule has 0 spiro atoms. The number of benzene rings is 1. The van der Waals surface area contributed by atoms with Gasteiger partial charge in [-0.3, -0.25) is 0 Å². The Morgan fingerprint density at radius 3 is 2.67 bits per heavy atom. The Morgan fingerprint density at radius 1 is 1.24 bits per heavy atom. The van der Waals surface area contributed by atoms with Crippen molar-refractivity contribution in [3.05, 3.63) is 53.2 Å². The summed E-state index contributed by atoms with van der Waals surface area (Å²) < 4.78 is 5.40. The molecule has 0 bridgehead atoms. The summed E-state index contributed by atoms with van der Waals surface area (Å²) in [7, 11) is 3.73. The number of anilines is 1. The minimum absolute atomic E-state index is 0.505. The molecule has 4 heteroatoms. The number of aryl methyl sites for hydroxylation is 1. The van der Waals surface area contributed by atoms with E-state index < -0.39 is 0 Å². The maximum absolute atomic E-state index is 5.97. The summed E-state index contributed by atoms with van der Waals surface area (Å²) in [5, 5.41) is 0. The van der Waals surface area contributed by atoms with Gasteiger partial charge in [-0.1, -0.05) is 25.1 Å². The first-order chi connectivity index (χ1) is 10.2. The predicted molar refractivity (Wildman–Crippen MR) is 88.3 cm³/mol. The summed E-state index contributed by atoms with van der Waals surface area (Å²) >= 11 is 5.97. The lowest BCUT2D eigenvalue weighted by Crippen LogP contribution is -2.19. The van der Waals surface area contributed by atoms with Crippen LogP contribution in [0.25, 0.3) is 0 Å². The van der Waals surface area contributed by atoms with Crippen LogP contribution in [0.5, 0.6) is 5.75 Å². The lowest BCUT2D eigenvalue weighted by molar-refractivity contribution is 0.409. The molecule has 3 nitrogen and oxygen atoms in total. The molecule has 2 rings (SSSR count). The van der Waals surface area contributed by atoms with Crippen LogP contribution in [0.15, 0.2) is 36.4 Å². The quantitative estimate of drug-likeness (QED) is 0.754. The Hall–Kier alpha value is -1.74. The molecule has 0 saturated carbocycles. The molecule has 0 amide bonds. The first-order valence-corrected chi connectivity index (χ1v) is 7.60. The van der Waals surface area contributed by atoms with Gasteiger partial charge in [0.2, 0.25) is 0 Å². The number of ether oxygens (including phenoxy) is 1. The molecule has 0 aliphatic carbocycles. The molecular formula is C17H21ClN2O. The fraction of sp³-hybridized carbons (Fsp3) is 0.353. The Morgan fingerprint density at radius 2 is 2.00 bits per heavy atom. The van der Waals surface area contributed by atoms with Crippen LogP contribution in [0, 0.1) is 0 Å². The van der Waals surface area contributed by atoms with Crippen molar-refractivity contribution < 1.29 is 4.74 Å². The Kier molecular flexibility index (Phi) is 5.45. The first-order valence-electron chi connectivity index (χ1n) is 7.06. The fourth-order valence-corrected chi connectivity index (χ4v) is 2.41. The highest BCUT2D eigenvalue weighted by atomic mass is 35.5. The number of methoxy groups -OCH3 is 1. The molecule has 0 fully saturated rings. The number of hydrogen-bond acceptors (Lipinski definition) is 3. The molecule has 0 N–H and O–H groups in total. The number of aromatic nitrogens is 1. The molecule has 1 aromatic carbocycles. The molecule has 0 atom stereocenters. The monoisotopic (exact) mass is 304 g/mol. The largest absolute Gasteiger partial charge is 0.496 e. The third-order valence-corrected chi connectivity index (χ3v) is 3.74. The minimum atomic E-state index is 0.505. The van der Waals surface area contributed by atoms with Crippen LogP contribution < -0.4 is 9.64 Å². The van der Waals surface area contributed by atoms with Gasteiger partial charge in [0.1, 0.15) is 11.6 Å². The van der Waals surface area contributed by atoms with Gasteiger partial charge in [0.15, 0.2) is 0 Å². The molecule has 0 radical (unpaired) electrons. The van der Waals surface area contributed by atoms with Gasteiger partial charge in [-0.2, -0.15) is 0 Å². The van der Waals surface area contributed by atoms with Crippen LogP contribution in [-0.4, -0.2) is 19.1 Å². The SMILES string of the molecule is CCc1cc(CCl)cc(N(C)Cc2ccccc2OC)n1. The molecule has 1 aromatic heterocycles. The van der Waals surface area contributed by atoms with Gasteiger partial charge >= 0.3 is 0 Å². The molecule has 1 heterocycles. The number of alkyl halides is 1. The van der Waals surface area contributed by atoms with Gasteiger partial charge in [0, 0.05) is 30.7 Å². The van der Waals surface area contributed by atoms with Gasteiger partial charge in [0.25, 0.3) is 0 Å². The number of halogens is 1. The number of pyridine rings is 1. The van der Waals surface area contributed by atoms with E-state index in [4.69, 9.17) is 16.3 Å². The van der Waals surface area contributed by atoms with Crippen molar-refractivity contribution >= 4 is 17.4 Å². The van der Waals surface area contributed by atoms with E-state index in [-0.39, 0.29) is 0 Å². The van der Waals surface area contributed by atoms with E-state index in [0.29, 0.717) is 5.88 Å². The first kappa shape index (κ1) is 15.6. The van der Waals surface area contributed by atoms with E-state index in [1.807, 2.05) is 31.3 Å². The third-order valence-electron chi connectivity index (χ3n) is 3.43. The second-order valence-electron chi connectivity index (χ2n) is 4.98. The minimum Gasteiger partial charge on any atom is -0.496 e. The zero-order chi connectivity index (χ0) is 15.2. The average molecular weight is 305 g/mol. The van der Waals surface area contributed by atoms with Gasteiger partial charge < -0.3 is 9.64 Å². The van der Waals surface area contributed by atoms with E-state index in [1.165, 1.54) is 0 Å². The molecule has 2 aromatic rings. The van der Waals surface area contributed by atoms with E-state index >= 15 is 0 Å². The van der Waals surface area contributed by atoms with Crippen LogP contribution in [0.1, 0.15) is 23.7 Å². The number of hydrogen-bond donors (Lipinski definition) is 0. The molecule has 21 heavy (non-hydrogen) atoms. The summed E-state index contributed by atoms with van der Waals surface area (Å²) in [6.45, 7) is 2.84. The Labute approximate surface area is 131 Å². The van der Waals surface area contributed by atoms with Gasteiger partial charge in [-0.05, 0) is 30.2 Å². The number of nitrogens with zero attached hydrogens (tertiary/aromatic N) is 2. The summed E-state index contributed by atoms with van der Waals surface area (Å²) in [6.07, 6.45) is 0.903. The van der Waals surface area contributed by atoms with Crippen LogP contribution >= 0.6 is 11.6 Å². The second-order valence-corrected chi connectivity index (χ2v) is 5.25. The van der Waals surface area contributed by atoms with Crippen molar-refractivity contribution in [2.45, 2.75) is 25.8 Å². The Bertz CT molecular complexity index is 579. The summed E-state index contributed by atoms with van der Waals surface area (Å²) in [4.78, 5) is 6.80. The zero-order valence-electron chi connectivity index (χ0n) is 12.8. The topological polar surface area (TPSA) is 25.4 Å². The van der Waals surface area contributed by atoms with Crippen LogP contribution in [0.3, 0.4) is 0 Å². The lowest BCUT2D eigenvalue weighted by Gasteiger charge is -2.21. The second kappa shape index (κ2) is 7.32. The standard InChI is InChI=1S/C17H21ClN2O/c1-4-15-9-13(11-18)10-17(19-15)20(2)12-14-7-5-6-8-16(14)21-3/h5-10H,4,11-12H2,1-3H3. The molecule has 0 aliphatic heterocycles. The highest BCUT2D eigenvalue weighted by molar-refractivity contribution is 6.17.